The normalized spacial score (nSPS) is 13.1. The summed E-state index contributed by atoms with van der Waals surface area (Å²) in [4.78, 5) is 34.0. The third kappa shape index (κ3) is 7.84. The Morgan fingerprint density at radius 2 is 2.17 bits per heavy atom. The van der Waals surface area contributed by atoms with Crippen molar-refractivity contribution in [1.29, 1.82) is 0 Å². The second-order valence-electron chi connectivity index (χ2n) is 7.61. The van der Waals surface area contributed by atoms with Crippen molar-refractivity contribution in [2.45, 2.75) is 26.5 Å². The molecule has 1 unspecified atom stereocenters. The maximum atomic E-state index is 13.9. The second-order valence-corrected chi connectivity index (χ2v) is 10.8. The van der Waals surface area contributed by atoms with Gasteiger partial charge in [0, 0.05) is 18.7 Å². The van der Waals surface area contributed by atoms with Crippen LogP contribution in [-0.4, -0.2) is 49.9 Å². The van der Waals surface area contributed by atoms with E-state index in [1.807, 2.05) is 0 Å². The molecular weight excluding hydrogens is 512 g/mol. The largest absolute Gasteiger partial charge is 0.369 e. The fourth-order valence-electron chi connectivity index (χ4n) is 2.99. The lowest BCUT2D eigenvalue weighted by atomic mass is 10.1. The number of nitrogen functional groups attached to an aromatic ring is 1. The fraction of sp³-hybridized carbons (Fsp3) is 0.364. The van der Waals surface area contributed by atoms with E-state index in [9.17, 15) is 18.5 Å². The number of nitrogens with zero attached hydrogens (tertiary/aromatic N) is 3. The van der Waals surface area contributed by atoms with Crippen molar-refractivity contribution < 1.29 is 27.5 Å². The maximum Gasteiger partial charge on any atom is 0.356 e. The number of carbonyl (C=O) groups is 1. The van der Waals surface area contributed by atoms with Gasteiger partial charge in [0.2, 0.25) is 5.95 Å². The first kappa shape index (κ1) is 27.8. The number of allylic oxidation sites excluding steroid dienone is 1. The highest BCUT2D eigenvalue weighted by atomic mass is 32.2. The Labute approximate surface area is 210 Å². The van der Waals surface area contributed by atoms with Crippen LogP contribution in [0.1, 0.15) is 17.5 Å². The number of anilines is 1. The van der Waals surface area contributed by atoms with E-state index < -0.39 is 19.0 Å². The SMILES string of the molecule is C=CCC(=O)SCCOP(=O)(COCCn1cnc2c(=O)[nH]c(N)nc21)OCc1ccc(C)c(F)c1. The van der Waals surface area contributed by atoms with Crippen molar-refractivity contribution in [1.82, 2.24) is 19.5 Å². The summed E-state index contributed by atoms with van der Waals surface area (Å²) in [6.07, 6.45) is 2.76. The number of H-pyrrole nitrogens is 1. The molecule has 0 aliphatic heterocycles. The topological polar surface area (TPSA) is 151 Å². The predicted molar refractivity (Wildman–Crippen MR) is 135 cm³/mol. The number of nitrogens with one attached hydrogen (secondary N) is 1. The van der Waals surface area contributed by atoms with Crippen LogP contribution < -0.4 is 11.3 Å². The molecule has 0 aliphatic carbocycles. The van der Waals surface area contributed by atoms with Gasteiger partial charge in [0.1, 0.15) is 12.2 Å². The molecule has 3 aromatic rings. The number of benzene rings is 1. The summed E-state index contributed by atoms with van der Waals surface area (Å²) < 4.78 is 45.3. The van der Waals surface area contributed by atoms with Crippen molar-refractivity contribution in [3.05, 3.63) is 64.5 Å². The molecule has 0 bridgehead atoms. The smallest absolute Gasteiger partial charge is 0.356 e. The highest BCUT2D eigenvalue weighted by Crippen LogP contribution is 2.49. The number of halogens is 1. The second kappa shape index (κ2) is 12.9. The van der Waals surface area contributed by atoms with Gasteiger partial charge in [-0.05, 0) is 24.1 Å². The molecule has 0 radical (unpaired) electrons. The molecule has 36 heavy (non-hydrogen) atoms. The molecule has 2 aromatic heterocycles. The summed E-state index contributed by atoms with van der Waals surface area (Å²) in [6.45, 7) is 5.28. The van der Waals surface area contributed by atoms with Gasteiger partial charge in [-0.2, -0.15) is 4.98 Å². The van der Waals surface area contributed by atoms with E-state index in [4.69, 9.17) is 19.5 Å². The van der Waals surface area contributed by atoms with Crippen LogP contribution in [0.4, 0.5) is 10.3 Å². The number of aryl methyl sites for hydroxylation is 1. The van der Waals surface area contributed by atoms with Crippen molar-refractivity contribution in [2.24, 2.45) is 0 Å². The molecule has 1 aromatic carbocycles. The van der Waals surface area contributed by atoms with Crippen LogP contribution in [0.3, 0.4) is 0 Å². The Bertz CT molecular complexity index is 1330. The van der Waals surface area contributed by atoms with Gasteiger partial charge in [-0.25, -0.2) is 9.37 Å². The Morgan fingerprint density at radius 3 is 2.92 bits per heavy atom. The number of aromatic nitrogens is 4. The zero-order valence-electron chi connectivity index (χ0n) is 19.6. The molecule has 0 aliphatic rings. The first-order chi connectivity index (χ1) is 17.2. The molecule has 14 heteroatoms. The third-order valence-corrected chi connectivity index (χ3v) is 7.29. The monoisotopic (exact) mass is 539 g/mol. The van der Waals surface area contributed by atoms with Crippen molar-refractivity contribution >= 4 is 41.6 Å². The van der Waals surface area contributed by atoms with Crippen molar-refractivity contribution in [3.8, 4) is 0 Å². The molecule has 11 nitrogen and oxygen atoms in total. The molecule has 0 spiro atoms. The average molecular weight is 540 g/mol. The van der Waals surface area contributed by atoms with Gasteiger partial charge in [-0.15, -0.1) is 6.58 Å². The molecule has 194 valence electrons. The number of ether oxygens (including phenoxy) is 1. The molecule has 0 amide bonds. The van der Waals surface area contributed by atoms with Gasteiger partial charge in [-0.3, -0.25) is 19.1 Å². The summed E-state index contributed by atoms with van der Waals surface area (Å²) in [7, 11) is -3.76. The van der Waals surface area contributed by atoms with Crippen LogP contribution in [0.5, 0.6) is 0 Å². The van der Waals surface area contributed by atoms with Gasteiger partial charge < -0.3 is 24.1 Å². The van der Waals surface area contributed by atoms with Gasteiger partial charge >= 0.3 is 7.60 Å². The summed E-state index contributed by atoms with van der Waals surface area (Å²) >= 11 is 1.03. The van der Waals surface area contributed by atoms with Crippen LogP contribution in [-0.2, 0) is 36.3 Å². The highest BCUT2D eigenvalue weighted by molar-refractivity contribution is 8.13. The molecule has 3 N–H and O–H groups in total. The molecule has 3 rings (SSSR count). The molecular formula is C22H27FN5O6PS. The van der Waals surface area contributed by atoms with E-state index in [-0.39, 0.29) is 67.1 Å². The summed E-state index contributed by atoms with van der Waals surface area (Å²) in [5.41, 5.74) is 6.53. The fourth-order valence-corrected chi connectivity index (χ4v) is 5.04. The average Bonchev–Trinajstić information content (AvgIpc) is 3.24. The number of aromatic amines is 1. The molecule has 0 saturated heterocycles. The van der Waals surface area contributed by atoms with Crippen molar-refractivity contribution in [2.75, 3.05) is 31.0 Å². The Hall–Kier alpha value is -2.83. The van der Waals surface area contributed by atoms with Crippen molar-refractivity contribution in [3.63, 3.8) is 0 Å². The zero-order chi connectivity index (χ0) is 26.1. The molecule has 2 heterocycles. The summed E-state index contributed by atoms with van der Waals surface area (Å²) in [5.74, 6) is -0.179. The van der Waals surface area contributed by atoms with E-state index in [1.54, 1.807) is 23.6 Å². The number of thioether (sulfide) groups is 1. The maximum absolute atomic E-state index is 13.9. The number of hydrogen-bond donors (Lipinski definition) is 2. The van der Waals surface area contributed by atoms with Crippen LogP contribution in [0, 0.1) is 12.7 Å². The highest BCUT2D eigenvalue weighted by Gasteiger charge is 2.26. The molecule has 0 saturated carbocycles. The minimum Gasteiger partial charge on any atom is -0.369 e. The van der Waals surface area contributed by atoms with Crippen LogP contribution in [0.2, 0.25) is 0 Å². The predicted octanol–water partition coefficient (Wildman–Crippen LogP) is 3.39. The molecule has 0 fully saturated rings. The Kier molecular flexibility index (Phi) is 9.97. The lowest BCUT2D eigenvalue weighted by Gasteiger charge is -2.19. The van der Waals surface area contributed by atoms with Gasteiger partial charge in [0.25, 0.3) is 5.56 Å². The van der Waals surface area contributed by atoms with E-state index >= 15 is 0 Å². The van der Waals surface area contributed by atoms with E-state index in [1.165, 1.54) is 18.5 Å². The van der Waals surface area contributed by atoms with Crippen LogP contribution in [0.15, 0.2) is 42.0 Å². The van der Waals surface area contributed by atoms with Gasteiger partial charge in [-0.1, -0.05) is 30.0 Å². The first-order valence-corrected chi connectivity index (χ1v) is 13.6. The molecule has 1 atom stereocenters. The number of rotatable bonds is 14. The first-order valence-electron chi connectivity index (χ1n) is 10.9. The van der Waals surface area contributed by atoms with E-state index in [0.717, 1.165) is 11.8 Å². The number of nitrogens with two attached hydrogens (primary N) is 1. The number of carbonyl (C=O) groups excluding carboxylic acids is 1. The van der Waals surface area contributed by atoms with Gasteiger partial charge in [0.15, 0.2) is 16.3 Å². The quantitative estimate of drug-likeness (QED) is 0.177. The zero-order valence-corrected chi connectivity index (χ0v) is 21.4. The van der Waals surface area contributed by atoms with Gasteiger partial charge in [0.05, 0.1) is 26.1 Å². The van der Waals surface area contributed by atoms with Crippen LogP contribution >= 0.6 is 19.4 Å². The number of hydrogen-bond acceptors (Lipinski definition) is 10. The number of imidazole rings is 1. The Balaban J connectivity index is 1.59. The van der Waals surface area contributed by atoms with Crippen LogP contribution in [0.25, 0.3) is 11.2 Å². The lowest BCUT2D eigenvalue weighted by Crippen LogP contribution is -2.13. The van der Waals surface area contributed by atoms with E-state index in [0.29, 0.717) is 11.1 Å². The number of fused-ring (bicyclic) bond motifs is 1. The summed E-state index contributed by atoms with van der Waals surface area (Å²) in [6, 6.07) is 4.56. The minimum atomic E-state index is -3.76. The lowest BCUT2D eigenvalue weighted by molar-refractivity contribution is -0.110. The third-order valence-electron chi connectivity index (χ3n) is 4.83. The van der Waals surface area contributed by atoms with E-state index in [2.05, 4.69) is 21.5 Å². The summed E-state index contributed by atoms with van der Waals surface area (Å²) in [5, 5.41) is -0.0867. The minimum absolute atomic E-state index is 0.0193. The standard InChI is InChI=1S/C22H27FN5O6PS/c1-3-4-18(29)36-10-9-33-35(31,34-12-16-6-5-15(2)17(23)11-16)14-32-8-7-28-13-25-19-20(28)26-22(24)27-21(19)30/h3,5-6,11,13H,1,4,7-10,12,14H2,2H3,(H3,24,26,27,30). The Morgan fingerprint density at radius 1 is 1.36 bits per heavy atom.